The highest BCUT2D eigenvalue weighted by molar-refractivity contribution is 5.94. The summed E-state index contributed by atoms with van der Waals surface area (Å²) in [6, 6.07) is 15.6. The number of carbonyl (C=O) groups excluding carboxylic acids is 1. The Morgan fingerprint density at radius 1 is 1.16 bits per heavy atom. The zero-order chi connectivity index (χ0) is 21.9. The average Bonchev–Trinajstić information content (AvgIpc) is 3.50. The molecule has 1 amide bonds. The normalized spacial score (nSPS) is 20.9. The minimum atomic E-state index is -0.121. The lowest BCUT2D eigenvalue weighted by atomic mass is 9.94. The number of nitrogens with one attached hydrogen (secondary N) is 1. The summed E-state index contributed by atoms with van der Waals surface area (Å²) in [6.45, 7) is 3.00. The molecule has 0 saturated carbocycles. The minimum Gasteiger partial charge on any atom is -0.385 e. The standard InChI is InChI=1S/C24H28N6O2/c1-32-14-12-17-5-4-13-29(15-17)24(31)18-8-10-19(11-9-18)30-16-22(26-28-30)23-20-6-2-3-7-21(20)25-27-23/h2-3,6-11,17,22H,4-5,12-16H2,1H3,(H,25,27). The van der Waals surface area contributed by atoms with Crippen LogP contribution in [0.2, 0.25) is 0 Å². The van der Waals surface area contributed by atoms with Crippen LogP contribution in [0.4, 0.5) is 5.69 Å². The molecule has 5 rings (SSSR count). The number of anilines is 1. The van der Waals surface area contributed by atoms with Crippen molar-refractivity contribution in [2.45, 2.75) is 25.3 Å². The lowest BCUT2D eigenvalue weighted by molar-refractivity contribution is 0.0642. The fourth-order valence-corrected chi connectivity index (χ4v) is 4.63. The highest BCUT2D eigenvalue weighted by Crippen LogP contribution is 2.32. The Morgan fingerprint density at radius 3 is 2.84 bits per heavy atom. The van der Waals surface area contributed by atoms with Crippen molar-refractivity contribution in [2.24, 2.45) is 16.3 Å². The highest BCUT2D eigenvalue weighted by Gasteiger charge is 2.27. The molecule has 166 valence electrons. The van der Waals surface area contributed by atoms with Crippen molar-refractivity contribution < 1.29 is 9.53 Å². The fraction of sp³-hybridized carbons (Fsp3) is 0.417. The number of aromatic amines is 1. The zero-order valence-electron chi connectivity index (χ0n) is 18.3. The first-order valence-electron chi connectivity index (χ1n) is 11.2. The van der Waals surface area contributed by atoms with Crippen LogP contribution in [0.3, 0.4) is 0 Å². The van der Waals surface area contributed by atoms with Gasteiger partial charge in [-0.05, 0) is 55.5 Å². The molecule has 0 aliphatic carbocycles. The number of amides is 1. The van der Waals surface area contributed by atoms with Gasteiger partial charge in [0.05, 0.1) is 23.4 Å². The van der Waals surface area contributed by atoms with Crippen molar-refractivity contribution >= 4 is 22.5 Å². The molecule has 1 aromatic heterocycles. The van der Waals surface area contributed by atoms with Gasteiger partial charge in [-0.25, -0.2) is 5.01 Å². The van der Waals surface area contributed by atoms with Crippen LogP contribution in [-0.2, 0) is 4.74 Å². The average molecular weight is 433 g/mol. The van der Waals surface area contributed by atoms with Gasteiger partial charge in [-0.2, -0.15) is 10.2 Å². The van der Waals surface area contributed by atoms with Crippen LogP contribution in [0.5, 0.6) is 0 Å². The molecule has 2 unspecified atom stereocenters. The van der Waals surface area contributed by atoms with Crippen LogP contribution >= 0.6 is 0 Å². The van der Waals surface area contributed by atoms with Crippen LogP contribution < -0.4 is 5.01 Å². The molecule has 2 atom stereocenters. The van der Waals surface area contributed by atoms with Gasteiger partial charge >= 0.3 is 0 Å². The fourth-order valence-electron chi connectivity index (χ4n) is 4.63. The maximum atomic E-state index is 13.0. The van der Waals surface area contributed by atoms with Gasteiger partial charge in [0.25, 0.3) is 5.91 Å². The first-order chi connectivity index (χ1) is 15.7. The Balaban J connectivity index is 1.23. The Labute approximate surface area is 187 Å². The van der Waals surface area contributed by atoms with Crippen LogP contribution in [0.25, 0.3) is 10.9 Å². The number of hydrogen-bond donors (Lipinski definition) is 1. The first kappa shape index (κ1) is 20.6. The smallest absolute Gasteiger partial charge is 0.253 e. The number of rotatable bonds is 6. The van der Waals surface area contributed by atoms with E-state index in [2.05, 4.69) is 20.5 Å². The number of H-pyrrole nitrogens is 1. The van der Waals surface area contributed by atoms with E-state index in [-0.39, 0.29) is 11.9 Å². The number of ether oxygens (including phenoxy) is 1. The first-order valence-corrected chi connectivity index (χ1v) is 11.2. The summed E-state index contributed by atoms with van der Waals surface area (Å²) < 4.78 is 5.21. The molecule has 1 N–H and O–H groups in total. The van der Waals surface area contributed by atoms with Gasteiger partial charge < -0.3 is 9.64 Å². The molecule has 8 heteroatoms. The molecule has 3 aromatic rings. The van der Waals surface area contributed by atoms with E-state index in [4.69, 9.17) is 4.74 Å². The number of carbonyl (C=O) groups is 1. The number of nitrogens with zero attached hydrogens (tertiary/aromatic N) is 5. The molecule has 1 fully saturated rings. The third-order valence-corrected chi connectivity index (χ3v) is 6.41. The summed E-state index contributed by atoms with van der Waals surface area (Å²) in [4.78, 5) is 15.0. The molecule has 8 nitrogen and oxygen atoms in total. The van der Waals surface area contributed by atoms with Gasteiger partial charge in [0.15, 0.2) is 0 Å². The molecule has 0 bridgehead atoms. The molecule has 1 saturated heterocycles. The molecule has 0 spiro atoms. The van der Waals surface area contributed by atoms with E-state index < -0.39 is 0 Å². The summed E-state index contributed by atoms with van der Waals surface area (Å²) in [7, 11) is 1.73. The van der Waals surface area contributed by atoms with Gasteiger partial charge in [-0.1, -0.05) is 23.4 Å². The number of para-hydroxylation sites is 1. The molecular formula is C24H28N6O2. The van der Waals surface area contributed by atoms with Gasteiger partial charge in [0.2, 0.25) is 0 Å². The van der Waals surface area contributed by atoms with E-state index in [1.165, 1.54) is 6.42 Å². The Kier molecular flexibility index (Phi) is 5.85. The van der Waals surface area contributed by atoms with Gasteiger partial charge in [-0.15, -0.1) is 0 Å². The van der Waals surface area contributed by atoms with Crippen LogP contribution in [-0.4, -0.2) is 54.4 Å². The lowest BCUT2D eigenvalue weighted by Crippen LogP contribution is -2.40. The molecule has 2 aromatic carbocycles. The van der Waals surface area contributed by atoms with E-state index in [0.717, 1.165) is 54.8 Å². The van der Waals surface area contributed by atoms with Crippen molar-refractivity contribution in [1.82, 2.24) is 15.1 Å². The summed E-state index contributed by atoms with van der Waals surface area (Å²) in [6.07, 6.45) is 3.22. The molecule has 2 aliphatic rings. The van der Waals surface area contributed by atoms with Crippen LogP contribution in [0.15, 0.2) is 58.9 Å². The Hall–Kier alpha value is -3.26. The molecular weight excluding hydrogens is 404 g/mol. The van der Waals surface area contributed by atoms with E-state index in [9.17, 15) is 4.79 Å². The maximum absolute atomic E-state index is 13.0. The molecule has 0 radical (unpaired) electrons. The number of piperidine rings is 1. The van der Waals surface area contributed by atoms with E-state index in [0.29, 0.717) is 18.0 Å². The molecule has 3 heterocycles. The second-order valence-electron chi connectivity index (χ2n) is 8.55. The van der Waals surface area contributed by atoms with Gasteiger partial charge in [0, 0.05) is 37.8 Å². The van der Waals surface area contributed by atoms with E-state index in [1.807, 2.05) is 58.4 Å². The van der Waals surface area contributed by atoms with Crippen molar-refractivity contribution in [3.05, 3.63) is 59.8 Å². The maximum Gasteiger partial charge on any atom is 0.253 e. The second kappa shape index (κ2) is 9.08. The Bertz CT molecular complexity index is 1110. The van der Waals surface area contributed by atoms with E-state index >= 15 is 0 Å². The minimum absolute atomic E-state index is 0.0996. The number of likely N-dealkylation sites (tertiary alicyclic amines) is 1. The summed E-state index contributed by atoms with van der Waals surface area (Å²) >= 11 is 0. The molecule has 32 heavy (non-hydrogen) atoms. The second-order valence-corrected chi connectivity index (χ2v) is 8.55. The third-order valence-electron chi connectivity index (χ3n) is 6.41. The van der Waals surface area contributed by atoms with Gasteiger partial charge in [-0.3, -0.25) is 9.89 Å². The quantitative estimate of drug-likeness (QED) is 0.626. The van der Waals surface area contributed by atoms with Gasteiger partial charge in [0.1, 0.15) is 6.04 Å². The van der Waals surface area contributed by atoms with Crippen molar-refractivity contribution in [3.63, 3.8) is 0 Å². The van der Waals surface area contributed by atoms with Crippen LogP contribution in [0, 0.1) is 5.92 Å². The van der Waals surface area contributed by atoms with E-state index in [1.54, 1.807) is 7.11 Å². The number of aromatic nitrogens is 2. The largest absolute Gasteiger partial charge is 0.385 e. The SMILES string of the molecule is COCCC1CCCN(C(=O)c2ccc(N3CC(c4n[nH]c5ccccc45)N=N3)cc2)C1. The number of methoxy groups -OCH3 is 1. The monoisotopic (exact) mass is 432 g/mol. The highest BCUT2D eigenvalue weighted by atomic mass is 16.5. The summed E-state index contributed by atoms with van der Waals surface area (Å²) in [5, 5.41) is 19.2. The third kappa shape index (κ3) is 4.10. The topological polar surface area (TPSA) is 86.2 Å². The van der Waals surface area contributed by atoms with Crippen LogP contribution in [0.1, 0.15) is 41.4 Å². The zero-order valence-corrected chi connectivity index (χ0v) is 18.3. The number of benzene rings is 2. The number of fused-ring (bicyclic) bond motifs is 1. The molecule has 2 aliphatic heterocycles. The predicted octanol–water partition coefficient (Wildman–Crippen LogP) is 4.38. The van der Waals surface area contributed by atoms with Crippen molar-refractivity contribution in [1.29, 1.82) is 0 Å². The number of hydrogen-bond acceptors (Lipinski definition) is 6. The van der Waals surface area contributed by atoms with Crippen molar-refractivity contribution in [2.75, 3.05) is 38.4 Å². The lowest BCUT2D eigenvalue weighted by Gasteiger charge is -2.33. The Morgan fingerprint density at radius 2 is 2.00 bits per heavy atom. The van der Waals surface area contributed by atoms with Crippen molar-refractivity contribution in [3.8, 4) is 0 Å². The summed E-state index contributed by atoms with van der Waals surface area (Å²) in [5.41, 5.74) is 3.55. The summed E-state index contributed by atoms with van der Waals surface area (Å²) in [5.74, 6) is 0.620. The predicted molar refractivity (Wildman–Crippen MR) is 123 cm³/mol.